The van der Waals surface area contributed by atoms with Gasteiger partial charge in [0.2, 0.25) is 5.95 Å². The standard InChI is InChI=1S/C24H23FN4O2S/c1-5-28(3)23(30)16-7-8-18-21(11-16)29(14-22(18)32(4)31)24-26-12-17(13-27-24)19-10-15(2)6-9-20(19)25/h6-14H,5H2,1-4H3. The first-order valence-corrected chi connectivity index (χ1v) is 11.7. The van der Waals surface area contributed by atoms with Crippen LogP contribution in [0.5, 0.6) is 0 Å². The number of amides is 1. The molecule has 0 radical (unpaired) electrons. The van der Waals surface area contributed by atoms with Crippen LogP contribution in [0, 0.1) is 12.7 Å². The first-order chi connectivity index (χ1) is 15.3. The number of aromatic nitrogens is 3. The summed E-state index contributed by atoms with van der Waals surface area (Å²) in [5.41, 5.74) is 3.13. The van der Waals surface area contributed by atoms with Crippen LogP contribution in [0.15, 0.2) is 59.9 Å². The number of hydrogen-bond acceptors (Lipinski definition) is 4. The second-order valence-electron chi connectivity index (χ2n) is 7.62. The summed E-state index contributed by atoms with van der Waals surface area (Å²) in [5.74, 6) is -0.102. The second kappa shape index (κ2) is 8.63. The van der Waals surface area contributed by atoms with Crippen molar-refractivity contribution in [3.8, 4) is 17.1 Å². The Labute approximate surface area is 188 Å². The molecular formula is C24H23FN4O2S. The summed E-state index contributed by atoms with van der Waals surface area (Å²) in [5, 5.41) is 0.763. The first kappa shape index (κ1) is 21.8. The van der Waals surface area contributed by atoms with Gasteiger partial charge in [-0.05, 0) is 38.1 Å². The molecule has 2 aromatic heterocycles. The summed E-state index contributed by atoms with van der Waals surface area (Å²) >= 11 is 0. The van der Waals surface area contributed by atoms with Crippen molar-refractivity contribution in [2.75, 3.05) is 19.8 Å². The smallest absolute Gasteiger partial charge is 0.253 e. The van der Waals surface area contributed by atoms with E-state index in [1.807, 2.05) is 13.8 Å². The molecule has 0 aliphatic rings. The minimum atomic E-state index is -1.25. The van der Waals surface area contributed by atoms with Crippen LogP contribution in [0.3, 0.4) is 0 Å². The number of halogens is 1. The molecule has 0 aliphatic carbocycles. The normalized spacial score (nSPS) is 12.2. The Morgan fingerprint density at radius 1 is 1.16 bits per heavy atom. The van der Waals surface area contributed by atoms with Crippen LogP contribution in [0.25, 0.3) is 28.0 Å². The fourth-order valence-corrected chi connectivity index (χ4v) is 4.27. The van der Waals surface area contributed by atoms with E-state index in [-0.39, 0.29) is 11.7 Å². The van der Waals surface area contributed by atoms with Crippen molar-refractivity contribution in [1.29, 1.82) is 0 Å². The summed E-state index contributed by atoms with van der Waals surface area (Å²) < 4.78 is 28.3. The summed E-state index contributed by atoms with van der Waals surface area (Å²) in [6.07, 6.45) is 6.46. The fourth-order valence-electron chi connectivity index (χ4n) is 3.53. The van der Waals surface area contributed by atoms with Crippen LogP contribution >= 0.6 is 0 Å². The predicted octanol–water partition coefficient (Wildman–Crippen LogP) is 4.36. The topological polar surface area (TPSA) is 68.1 Å². The Morgan fingerprint density at radius 3 is 2.53 bits per heavy atom. The zero-order valence-corrected chi connectivity index (χ0v) is 19.1. The second-order valence-corrected chi connectivity index (χ2v) is 8.97. The minimum Gasteiger partial charge on any atom is -0.342 e. The van der Waals surface area contributed by atoms with Crippen molar-refractivity contribution < 1.29 is 13.4 Å². The van der Waals surface area contributed by atoms with Gasteiger partial charge < -0.3 is 4.90 Å². The Balaban J connectivity index is 1.83. The molecule has 8 heteroatoms. The highest BCUT2D eigenvalue weighted by atomic mass is 32.2. The quantitative estimate of drug-likeness (QED) is 0.453. The van der Waals surface area contributed by atoms with E-state index in [0.717, 1.165) is 10.9 Å². The van der Waals surface area contributed by atoms with Crippen LogP contribution in [0.4, 0.5) is 4.39 Å². The van der Waals surface area contributed by atoms with Crippen molar-refractivity contribution in [3.05, 3.63) is 71.9 Å². The molecular weight excluding hydrogens is 427 g/mol. The number of benzene rings is 2. The molecule has 0 saturated carbocycles. The maximum Gasteiger partial charge on any atom is 0.253 e. The van der Waals surface area contributed by atoms with E-state index in [4.69, 9.17) is 0 Å². The number of aryl methyl sites for hydroxylation is 1. The lowest BCUT2D eigenvalue weighted by Gasteiger charge is -2.14. The van der Waals surface area contributed by atoms with Gasteiger partial charge in [0, 0.05) is 60.5 Å². The molecule has 1 unspecified atom stereocenters. The highest BCUT2D eigenvalue weighted by molar-refractivity contribution is 7.84. The lowest BCUT2D eigenvalue weighted by Crippen LogP contribution is -2.26. The molecule has 0 N–H and O–H groups in total. The number of nitrogens with zero attached hydrogens (tertiary/aromatic N) is 4. The summed E-state index contributed by atoms with van der Waals surface area (Å²) in [6, 6.07) is 10.2. The Hall–Kier alpha value is -3.39. The maximum atomic E-state index is 14.3. The van der Waals surface area contributed by atoms with E-state index in [0.29, 0.717) is 39.6 Å². The third-order valence-corrected chi connectivity index (χ3v) is 6.38. The van der Waals surface area contributed by atoms with E-state index >= 15 is 0 Å². The predicted molar refractivity (Wildman–Crippen MR) is 124 cm³/mol. The van der Waals surface area contributed by atoms with Gasteiger partial charge in [0.05, 0.1) is 21.2 Å². The Morgan fingerprint density at radius 2 is 1.88 bits per heavy atom. The van der Waals surface area contributed by atoms with E-state index in [1.54, 1.807) is 71.7 Å². The van der Waals surface area contributed by atoms with Crippen LogP contribution in [0.2, 0.25) is 0 Å². The highest BCUT2D eigenvalue weighted by Crippen LogP contribution is 2.28. The fraction of sp³-hybridized carbons (Fsp3) is 0.208. The Bertz CT molecular complexity index is 1350. The third kappa shape index (κ3) is 3.93. The molecule has 4 aromatic rings. The molecule has 0 spiro atoms. The van der Waals surface area contributed by atoms with Crippen molar-refractivity contribution in [1.82, 2.24) is 19.4 Å². The van der Waals surface area contributed by atoms with Gasteiger partial charge in [-0.2, -0.15) is 0 Å². The summed E-state index contributed by atoms with van der Waals surface area (Å²) in [6.45, 7) is 4.39. The van der Waals surface area contributed by atoms with Gasteiger partial charge in [0.25, 0.3) is 5.91 Å². The largest absolute Gasteiger partial charge is 0.342 e. The van der Waals surface area contributed by atoms with Gasteiger partial charge in [-0.15, -0.1) is 0 Å². The molecule has 32 heavy (non-hydrogen) atoms. The lowest BCUT2D eigenvalue weighted by atomic mass is 10.1. The average molecular weight is 451 g/mol. The van der Waals surface area contributed by atoms with Crippen LogP contribution in [-0.2, 0) is 10.8 Å². The monoisotopic (exact) mass is 450 g/mol. The van der Waals surface area contributed by atoms with Gasteiger partial charge in [-0.25, -0.2) is 14.4 Å². The SMILES string of the molecule is CCN(C)C(=O)c1ccc2c(S(C)=O)cn(-c3ncc(-c4cc(C)ccc4F)cn3)c2c1. The third-order valence-electron chi connectivity index (χ3n) is 5.43. The van der Waals surface area contributed by atoms with Crippen molar-refractivity contribution in [2.24, 2.45) is 0 Å². The average Bonchev–Trinajstić information content (AvgIpc) is 3.19. The molecule has 1 amide bonds. The molecule has 0 bridgehead atoms. The molecule has 1 atom stereocenters. The van der Waals surface area contributed by atoms with Gasteiger partial charge in [-0.3, -0.25) is 13.6 Å². The van der Waals surface area contributed by atoms with Crippen molar-refractivity contribution in [3.63, 3.8) is 0 Å². The zero-order valence-electron chi connectivity index (χ0n) is 18.3. The number of fused-ring (bicyclic) bond motifs is 1. The lowest BCUT2D eigenvalue weighted by molar-refractivity contribution is 0.0802. The van der Waals surface area contributed by atoms with E-state index in [1.165, 1.54) is 6.07 Å². The molecule has 0 saturated heterocycles. The molecule has 0 aliphatic heterocycles. The van der Waals surface area contributed by atoms with Gasteiger partial charge >= 0.3 is 0 Å². The number of hydrogen-bond donors (Lipinski definition) is 0. The number of carbonyl (C=O) groups excluding carboxylic acids is 1. The summed E-state index contributed by atoms with van der Waals surface area (Å²) in [7, 11) is 0.495. The number of rotatable bonds is 5. The molecule has 4 rings (SSSR count). The Kier molecular flexibility index (Phi) is 5.88. The highest BCUT2D eigenvalue weighted by Gasteiger charge is 2.18. The molecule has 164 valence electrons. The number of carbonyl (C=O) groups is 1. The minimum absolute atomic E-state index is 0.104. The van der Waals surface area contributed by atoms with E-state index in [2.05, 4.69) is 9.97 Å². The zero-order chi connectivity index (χ0) is 23.0. The van der Waals surface area contributed by atoms with Crippen LogP contribution in [-0.4, -0.2) is 49.4 Å². The van der Waals surface area contributed by atoms with E-state index in [9.17, 15) is 13.4 Å². The van der Waals surface area contributed by atoms with Crippen molar-refractivity contribution >= 4 is 27.6 Å². The molecule has 0 fully saturated rings. The van der Waals surface area contributed by atoms with Gasteiger partial charge in [0.1, 0.15) is 5.82 Å². The van der Waals surface area contributed by atoms with E-state index < -0.39 is 10.8 Å². The van der Waals surface area contributed by atoms with Gasteiger partial charge in [0.15, 0.2) is 0 Å². The van der Waals surface area contributed by atoms with Gasteiger partial charge in [-0.1, -0.05) is 17.7 Å². The first-order valence-electron chi connectivity index (χ1n) is 10.1. The molecule has 2 aromatic carbocycles. The van der Waals surface area contributed by atoms with Crippen molar-refractivity contribution in [2.45, 2.75) is 18.7 Å². The molecule has 6 nitrogen and oxygen atoms in total. The molecule has 2 heterocycles. The maximum absolute atomic E-state index is 14.3. The van der Waals surface area contributed by atoms with Crippen LogP contribution in [0.1, 0.15) is 22.8 Å². The summed E-state index contributed by atoms with van der Waals surface area (Å²) in [4.78, 5) is 23.8. The van der Waals surface area contributed by atoms with Crippen LogP contribution < -0.4 is 0 Å².